The molecule has 0 saturated carbocycles. The van der Waals surface area contributed by atoms with Gasteiger partial charge in [0.1, 0.15) is 17.5 Å². The van der Waals surface area contributed by atoms with Crippen LogP contribution in [0.5, 0.6) is 0 Å². The summed E-state index contributed by atoms with van der Waals surface area (Å²) in [7, 11) is 0. The monoisotopic (exact) mass is 367 g/mol. The van der Waals surface area contributed by atoms with E-state index in [-0.39, 0.29) is 24.1 Å². The molecule has 0 aromatic heterocycles. The van der Waals surface area contributed by atoms with Gasteiger partial charge in [0, 0.05) is 6.54 Å². The molecule has 4 nitrogen and oxygen atoms in total. The van der Waals surface area contributed by atoms with E-state index < -0.39 is 5.60 Å². The quantitative estimate of drug-likeness (QED) is 0.625. The maximum Gasteiger partial charge on any atom is 0.410 e. The lowest BCUT2D eigenvalue weighted by Crippen LogP contribution is -2.42. The lowest BCUT2D eigenvalue weighted by Gasteiger charge is -2.31. The Hall–Kier alpha value is -1.62. The molecule has 0 bridgehead atoms. The van der Waals surface area contributed by atoms with E-state index in [0.717, 1.165) is 24.0 Å². The van der Waals surface area contributed by atoms with Gasteiger partial charge in [-0.3, -0.25) is 0 Å². The zero-order valence-corrected chi connectivity index (χ0v) is 17.3. The summed E-state index contributed by atoms with van der Waals surface area (Å²) in [4.78, 5) is 14.1. The number of carbonyl (C=O) groups excluding carboxylic acids is 1. The first kappa shape index (κ1) is 22.4. The Morgan fingerprint density at radius 2 is 1.88 bits per heavy atom. The van der Waals surface area contributed by atoms with Crippen LogP contribution in [-0.4, -0.2) is 29.2 Å². The Morgan fingerprint density at radius 1 is 1.23 bits per heavy atom. The maximum atomic E-state index is 13.3. The van der Waals surface area contributed by atoms with Crippen molar-refractivity contribution in [3.63, 3.8) is 0 Å². The van der Waals surface area contributed by atoms with E-state index in [1.165, 1.54) is 12.1 Å². The van der Waals surface area contributed by atoms with Crippen molar-refractivity contribution >= 4 is 6.09 Å². The summed E-state index contributed by atoms with van der Waals surface area (Å²) in [5.74, 6) is -0.251. The molecule has 0 aliphatic carbocycles. The minimum atomic E-state index is -0.512. The largest absolute Gasteiger partial charge is 0.444 e. The number of ether oxygens (including phenoxy) is 2. The predicted octanol–water partition coefficient (Wildman–Crippen LogP) is 5.85. The number of likely N-dealkylation sites (tertiary alicyclic amines) is 1. The van der Waals surface area contributed by atoms with Gasteiger partial charge in [-0.15, -0.1) is 0 Å². The molecule has 0 N–H and O–H groups in total. The van der Waals surface area contributed by atoms with E-state index in [1.807, 2.05) is 48.5 Å². The highest BCUT2D eigenvalue weighted by Gasteiger charge is 2.41. The standard InChI is InChI=1S/C17H22FNO3.2C2H6/c1-17(2,3)22-16(20)19-8-4-5-14(19)15-13-7-6-12(18)9-11(13)10-21-15;2*1-2/h6-7,9,14-15H,4-5,8,10H2,1-3H3;2*1-2H3. The van der Waals surface area contributed by atoms with Gasteiger partial charge in [-0.05, 0) is 56.9 Å². The molecule has 2 aliphatic rings. The van der Waals surface area contributed by atoms with E-state index in [2.05, 4.69) is 0 Å². The van der Waals surface area contributed by atoms with Gasteiger partial charge < -0.3 is 14.4 Å². The van der Waals surface area contributed by atoms with Crippen molar-refractivity contribution in [3.8, 4) is 0 Å². The van der Waals surface area contributed by atoms with Crippen molar-refractivity contribution in [2.75, 3.05) is 6.54 Å². The van der Waals surface area contributed by atoms with E-state index in [1.54, 1.807) is 11.0 Å². The normalized spacial score (nSPS) is 21.2. The van der Waals surface area contributed by atoms with Crippen molar-refractivity contribution in [1.29, 1.82) is 0 Å². The third kappa shape index (κ3) is 5.44. The number of nitrogens with zero attached hydrogens (tertiary/aromatic N) is 1. The molecule has 1 fully saturated rings. The van der Waals surface area contributed by atoms with Gasteiger partial charge >= 0.3 is 6.09 Å². The SMILES string of the molecule is CC.CC.CC(C)(C)OC(=O)N1CCCC1C1OCc2cc(F)ccc21. The summed E-state index contributed by atoms with van der Waals surface area (Å²) in [6, 6.07) is 4.70. The third-order valence-corrected chi connectivity index (χ3v) is 4.11. The summed E-state index contributed by atoms with van der Waals surface area (Å²) in [5.41, 5.74) is 1.35. The third-order valence-electron chi connectivity index (χ3n) is 4.11. The number of hydrogen-bond donors (Lipinski definition) is 0. The van der Waals surface area contributed by atoms with Crippen molar-refractivity contribution < 1.29 is 18.7 Å². The first-order valence-corrected chi connectivity index (χ1v) is 9.75. The van der Waals surface area contributed by atoms with Crippen LogP contribution in [0.15, 0.2) is 18.2 Å². The van der Waals surface area contributed by atoms with Gasteiger partial charge in [0.15, 0.2) is 0 Å². The van der Waals surface area contributed by atoms with Crippen molar-refractivity contribution in [2.24, 2.45) is 0 Å². The number of fused-ring (bicyclic) bond motifs is 1. The van der Waals surface area contributed by atoms with Gasteiger partial charge in [-0.2, -0.15) is 0 Å². The minimum Gasteiger partial charge on any atom is -0.444 e. The maximum absolute atomic E-state index is 13.3. The molecule has 0 spiro atoms. The lowest BCUT2D eigenvalue weighted by molar-refractivity contribution is -0.0151. The first-order chi connectivity index (χ1) is 12.3. The molecule has 2 aliphatic heterocycles. The molecule has 3 rings (SSSR count). The molecule has 148 valence electrons. The van der Waals surface area contributed by atoms with Gasteiger partial charge in [0.05, 0.1) is 12.6 Å². The molecule has 2 unspecified atom stereocenters. The number of rotatable bonds is 1. The van der Waals surface area contributed by atoms with Crippen LogP contribution in [0, 0.1) is 5.82 Å². The fourth-order valence-corrected chi connectivity index (χ4v) is 3.22. The number of benzene rings is 1. The molecule has 1 amide bonds. The number of halogens is 1. The molecule has 26 heavy (non-hydrogen) atoms. The predicted molar refractivity (Wildman–Crippen MR) is 103 cm³/mol. The highest BCUT2D eigenvalue weighted by molar-refractivity contribution is 5.69. The Kier molecular flexibility index (Phi) is 8.54. The second kappa shape index (κ2) is 9.91. The van der Waals surface area contributed by atoms with Gasteiger partial charge in [0.2, 0.25) is 0 Å². The molecule has 1 saturated heterocycles. The second-order valence-electron chi connectivity index (χ2n) is 6.96. The van der Waals surface area contributed by atoms with Crippen LogP contribution in [-0.2, 0) is 16.1 Å². The zero-order chi connectivity index (χ0) is 19.9. The molecular formula is C21H34FNO3. The smallest absolute Gasteiger partial charge is 0.410 e. The van der Waals surface area contributed by atoms with Crippen molar-refractivity contribution in [1.82, 2.24) is 4.90 Å². The van der Waals surface area contributed by atoms with Crippen LogP contribution in [0.3, 0.4) is 0 Å². The number of carbonyl (C=O) groups is 1. The van der Waals surface area contributed by atoms with Crippen LogP contribution in [0.25, 0.3) is 0 Å². The lowest BCUT2D eigenvalue weighted by atomic mass is 9.98. The molecule has 0 radical (unpaired) electrons. The van der Waals surface area contributed by atoms with Crippen LogP contribution in [0.1, 0.15) is 78.5 Å². The van der Waals surface area contributed by atoms with E-state index >= 15 is 0 Å². The highest BCUT2D eigenvalue weighted by atomic mass is 19.1. The summed E-state index contributed by atoms with van der Waals surface area (Å²) in [5, 5.41) is 0. The van der Waals surface area contributed by atoms with Crippen molar-refractivity contribution in [2.45, 2.75) is 85.7 Å². The van der Waals surface area contributed by atoms with Crippen LogP contribution in [0.4, 0.5) is 9.18 Å². The van der Waals surface area contributed by atoms with Crippen molar-refractivity contribution in [3.05, 3.63) is 35.1 Å². The minimum absolute atomic E-state index is 0.0402. The van der Waals surface area contributed by atoms with Gasteiger partial charge in [-0.1, -0.05) is 33.8 Å². The van der Waals surface area contributed by atoms with E-state index in [0.29, 0.717) is 13.2 Å². The zero-order valence-electron chi connectivity index (χ0n) is 17.3. The average molecular weight is 368 g/mol. The molecular weight excluding hydrogens is 333 g/mol. The molecule has 5 heteroatoms. The average Bonchev–Trinajstić information content (AvgIpc) is 3.22. The second-order valence-corrected chi connectivity index (χ2v) is 6.96. The van der Waals surface area contributed by atoms with E-state index in [4.69, 9.17) is 9.47 Å². The van der Waals surface area contributed by atoms with Crippen LogP contribution >= 0.6 is 0 Å². The summed E-state index contributed by atoms with van der Waals surface area (Å²) >= 11 is 0. The summed E-state index contributed by atoms with van der Waals surface area (Å²) < 4.78 is 24.7. The van der Waals surface area contributed by atoms with Crippen LogP contribution in [0.2, 0.25) is 0 Å². The first-order valence-electron chi connectivity index (χ1n) is 9.75. The summed E-state index contributed by atoms with van der Waals surface area (Å²) in [6.45, 7) is 14.7. The molecule has 1 aromatic carbocycles. The van der Waals surface area contributed by atoms with E-state index in [9.17, 15) is 9.18 Å². The molecule has 2 heterocycles. The Bertz CT molecular complexity index is 583. The number of amides is 1. The van der Waals surface area contributed by atoms with Crippen LogP contribution < -0.4 is 0 Å². The Labute approximate surface area is 157 Å². The Morgan fingerprint density at radius 3 is 2.50 bits per heavy atom. The molecule has 2 atom stereocenters. The summed E-state index contributed by atoms with van der Waals surface area (Å²) in [6.07, 6.45) is 1.32. The fraction of sp³-hybridized carbons (Fsp3) is 0.667. The molecule has 1 aromatic rings. The highest BCUT2D eigenvalue weighted by Crippen LogP contribution is 2.39. The Balaban J connectivity index is 0.000000791. The topological polar surface area (TPSA) is 38.8 Å². The van der Waals surface area contributed by atoms with Gasteiger partial charge in [0.25, 0.3) is 0 Å². The van der Waals surface area contributed by atoms with Gasteiger partial charge in [-0.25, -0.2) is 9.18 Å². The number of hydrogen-bond acceptors (Lipinski definition) is 3. The fourth-order valence-electron chi connectivity index (χ4n) is 3.22.